The molecule has 1 aromatic heterocycles. The van der Waals surface area contributed by atoms with Crippen LogP contribution in [0.15, 0.2) is 16.5 Å². The number of carbonyl (C=O) groups is 1. The molecule has 0 aromatic carbocycles. The summed E-state index contributed by atoms with van der Waals surface area (Å²) in [6.07, 6.45) is 3.15. The van der Waals surface area contributed by atoms with Gasteiger partial charge in [-0.25, -0.2) is 0 Å². The van der Waals surface area contributed by atoms with Gasteiger partial charge in [0.25, 0.3) is 5.91 Å². The number of halogens is 1. The van der Waals surface area contributed by atoms with Gasteiger partial charge < -0.3 is 20.8 Å². The van der Waals surface area contributed by atoms with E-state index in [9.17, 15) is 4.79 Å². The zero-order valence-corrected chi connectivity index (χ0v) is 11.1. The summed E-state index contributed by atoms with van der Waals surface area (Å²) in [6.45, 7) is 1.59. The Hall–Kier alpha value is -1.04. The highest BCUT2D eigenvalue weighted by molar-refractivity contribution is 5.91. The molecule has 1 atom stereocenters. The van der Waals surface area contributed by atoms with Crippen LogP contribution in [0.5, 0.6) is 0 Å². The van der Waals surface area contributed by atoms with Crippen LogP contribution >= 0.6 is 12.4 Å². The SMILES string of the molecule is Cl.NCc1ccc(C(=O)N2CCCCC2CN)o1. The first-order chi connectivity index (χ1) is 8.26. The van der Waals surface area contributed by atoms with E-state index < -0.39 is 0 Å². The van der Waals surface area contributed by atoms with Gasteiger partial charge in [0, 0.05) is 19.1 Å². The molecule has 1 unspecified atom stereocenters. The first-order valence-electron chi connectivity index (χ1n) is 6.06. The van der Waals surface area contributed by atoms with Crippen molar-refractivity contribution in [1.29, 1.82) is 0 Å². The van der Waals surface area contributed by atoms with E-state index in [2.05, 4.69) is 0 Å². The molecule has 1 aliphatic rings. The summed E-state index contributed by atoms with van der Waals surface area (Å²) in [5, 5.41) is 0. The summed E-state index contributed by atoms with van der Waals surface area (Å²) in [7, 11) is 0. The highest BCUT2D eigenvalue weighted by Gasteiger charge is 2.28. The Morgan fingerprint density at radius 1 is 1.39 bits per heavy atom. The van der Waals surface area contributed by atoms with E-state index in [-0.39, 0.29) is 24.4 Å². The number of hydrogen-bond donors (Lipinski definition) is 2. The fraction of sp³-hybridized carbons (Fsp3) is 0.583. The summed E-state index contributed by atoms with van der Waals surface area (Å²) >= 11 is 0. The molecular formula is C12H20ClN3O2. The molecule has 1 fully saturated rings. The van der Waals surface area contributed by atoms with Crippen molar-refractivity contribution >= 4 is 18.3 Å². The lowest BCUT2D eigenvalue weighted by atomic mass is 10.0. The molecule has 0 aliphatic carbocycles. The van der Waals surface area contributed by atoms with Gasteiger partial charge in [-0.1, -0.05) is 0 Å². The summed E-state index contributed by atoms with van der Waals surface area (Å²) in [4.78, 5) is 14.1. The number of nitrogens with two attached hydrogens (primary N) is 2. The maximum Gasteiger partial charge on any atom is 0.289 e. The molecule has 0 bridgehead atoms. The lowest BCUT2D eigenvalue weighted by molar-refractivity contribution is 0.0589. The highest BCUT2D eigenvalue weighted by Crippen LogP contribution is 2.20. The zero-order chi connectivity index (χ0) is 12.3. The first kappa shape index (κ1) is 15.0. The number of likely N-dealkylation sites (tertiary alicyclic amines) is 1. The largest absolute Gasteiger partial charge is 0.455 e. The summed E-state index contributed by atoms with van der Waals surface area (Å²) in [6, 6.07) is 3.57. The van der Waals surface area contributed by atoms with Gasteiger partial charge in [0.05, 0.1) is 6.54 Å². The number of carbonyl (C=O) groups excluding carboxylic acids is 1. The minimum atomic E-state index is -0.0696. The van der Waals surface area contributed by atoms with Crippen molar-refractivity contribution in [2.75, 3.05) is 13.1 Å². The molecular weight excluding hydrogens is 254 g/mol. The van der Waals surface area contributed by atoms with Crippen molar-refractivity contribution in [2.45, 2.75) is 31.8 Å². The van der Waals surface area contributed by atoms with Crippen molar-refractivity contribution < 1.29 is 9.21 Å². The van der Waals surface area contributed by atoms with Crippen LogP contribution in [0.25, 0.3) is 0 Å². The maximum atomic E-state index is 12.2. The van der Waals surface area contributed by atoms with Gasteiger partial charge in [-0.15, -0.1) is 12.4 Å². The van der Waals surface area contributed by atoms with Gasteiger partial charge in [0.15, 0.2) is 5.76 Å². The molecule has 102 valence electrons. The van der Waals surface area contributed by atoms with Crippen LogP contribution < -0.4 is 11.5 Å². The van der Waals surface area contributed by atoms with Crippen LogP contribution in [0.1, 0.15) is 35.6 Å². The monoisotopic (exact) mass is 273 g/mol. The van der Waals surface area contributed by atoms with Crippen LogP contribution in [-0.2, 0) is 6.54 Å². The van der Waals surface area contributed by atoms with E-state index in [0.717, 1.165) is 25.8 Å². The lowest BCUT2D eigenvalue weighted by Gasteiger charge is -2.34. The predicted octanol–water partition coefficient (Wildman–Crippen LogP) is 1.11. The second-order valence-electron chi connectivity index (χ2n) is 4.35. The predicted molar refractivity (Wildman–Crippen MR) is 71.6 cm³/mol. The number of amides is 1. The van der Waals surface area contributed by atoms with E-state index in [0.29, 0.717) is 24.6 Å². The molecule has 1 aromatic rings. The Morgan fingerprint density at radius 3 is 2.78 bits per heavy atom. The summed E-state index contributed by atoms with van der Waals surface area (Å²) < 4.78 is 5.38. The van der Waals surface area contributed by atoms with E-state index >= 15 is 0 Å². The Labute approximate surface area is 113 Å². The van der Waals surface area contributed by atoms with Crippen molar-refractivity contribution in [3.8, 4) is 0 Å². The standard InChI is InChI=1S/C12H19N3O2.ClH/c13-7-9-3-1-2-6-15(9)12(16)11-5-4-10(8-14)17-11;/h4-5,9H,1-3,6-8,13-14H2;1H. The third kappa shape index (κ3) is 3.04. The lowest BCUT2D eigenvalue weighted by Crippen LogP contribution is -2.47. The quantitative estimate of drug-likeness (QED) is 0.864. The molecule has 2 heterocycles. The molecule has 4 N–H and O–H groups in total. The van der Waals surface area contributed by atoms with Gasteiger partial charge in [0.1, 0.15) is 5.76 Å². The normalized spacial score (nSPS) is 19.4. The maximum absolute atomic E-state index is 12.2. The summed E-state index contributed by atoms with van der Waals surface area (Å²) in [5.74, 6) is 0.931. The van der Waals surface area contributed by atoms with Crippen LogP contribution in [-0.4, -0.2) is 29.9 Å². The molecule has 0 radical (unpaired) electrons. The second-order valence-corrected chi connectivity index (χ2v) is 4.35. The average molecular weight is 274 g/mol. The fourth-order valence-corrected chi connectivity index (χ4v) is 2.26. The van der Waals surface area contributed by atoms with Gasteiger partial charge in [-0.3, -0.25) is 4.79 Å². The van der Waals surface area contributed by atoms with E-state index in [1.54, 1.807) is 12.1 Å². The minimum absolute atomic E-state index is 0. The molecule has 1 aliphatic heterocycles. The zero-order valence-electron chi connectivity index (χ0n) is 10.3. The van der Waals surface area contributed by atoms with Gasteiger partial charge in [0.2, 0.25) is 0 Å². The Balaban J connectivity index is 0.00000162. The highest BCUT2D eigenvalue weighted by atomic mass is 35.5. The third-order valence-corrected chi connectivity index (χ3v) is 3.23. The molecule has 6 heteroatoms. The van der Waals surface area contributed by atoms with E-state index in [1.807, 2.05) is 4.90 Å². The second kappa shape index (κ2) is 6.78. The van der Waals surface area contributed by atoms with E-state index in [1.165, 1.54) is 0 Å². The first-order valence-corrected chi connectivity index (χ1v) is 6.06. The van der Waals surface area contributed by atoms with Gasteiger partial charge >= 0.3 is 0 Å². The molecule has 5 nitrogen and oxygen atoms in total. The van der Waals surface area contributed by atoms with Crippen molar-refractivity contribution in [3.63, 3.8) is 0 Å². The molecule has 1 amide bonds. The van der Waals surface area contributed by atoms with Crippen LogP contribution in [0.3, 0.4) is 0 Å². The number of piperidine rings is 1. The summed E-state index contributed by atoms with van der Waals surface area (Å²) in [5.41, 5.74) is 11.2. The average Bonchev–Trinajstić information content (AvgIpc) is 2.86. The van der Waals surface area contributed by atoms with Gasteiger partial charge in [-0.2, -0.15) is 0 Å². The Kier molecular flexibility index (Phi) is 5.65. The molecule has 0 saturated carbocycles. The van der Waals surface area contributed by atoms with Crippen LogP contribution in [0.4, 0.5) is 0 Å². The van der Waals surface area contributed by atoms with Crippen LogP contribution in [0.2, 0.25) is 0 Å². The van der Waals surface area contributed by atoms with Gasteiger partial charge in [-0.05, 0) is 31.4 Å². The smallest absolute Gasteiger partial charge is 0.289 e. The molecule has 18 heavy (non-hydrogen) atoms. The fourth-order valence-electron chi connectivity index (χ4n) is 2.26. The minimum Gasteiger partial charge on any atom is -0.455 e. The van der Waals surface area contributed by atoms with Crippen molar-refractivity contribution in [2.24, 2.45) is 11.5 Å². The third-order valence-electron chi connectivity index (χ3n) is 3.23. The Bertz CT molecular complexity index is 394. The number of nitrogens with zero attached hydrogens (tertiary/aromatic N) is 1. The Morgan fingerprint density at radius 2 is 2.17 bits per heavy atom. The number of furan rings is 1. The number of hydrogen-bond acceptors (Lipinski definition) is 4. The van der Waals surface area contributed by atoms with Crippen molar-refractivity contribution in [3.05, 3.63) is 23.7 Å². The van der Waals surface area contributed by atoms with E-state index in [4.69, 9.17) is 15.9 Å². The molecule has 1 saturated heterocycles. The molecule has 2 rings (SSSR count). The van der Waals surface area contributed by atoms with Crippen molar-refractivity contribution in [1.82, 2.24) is 4.90 Å². The number of rotatable bonds is 3. The van der Waals surface area contributed by atoms with Crippen LogP contribution in [0, 0.1) is 0 Å². The molecule has 0 spiro atoms. The topological polar surface area (TPSA) is 85.5 Å².